The van der Waals surface area contributed by atoms with Gasteiger partial charge in [-0.3, -0.25) is 9.59 Å². The third-order valence-electron chi connectivity index (χ3n) is 3.60. The van der Waals surface area contributed by atoms with Crippen molar-refractivity contribution in [2.45, 2.75) is 45.6 Å². The summed E-state index contributed by atoms with van der Waals surface area (Å²) in [5.74, 6) is -1.53. The predicted octanol–water partition coefficient (Wildman–Crippen LogP) is 1.62. The lowest BCUT2D eigenvalue weighted by Crippen LogP contribution is -2.50. The molecule has 0 unspecified atom stereocenters. The van der Waals surface area contributed by atoms with E-state index in [4.69, 9.17) is 10.8 Å². The van der Waals surface area contributed by atoms with Crippen molar-refractivity contribution in [3.05, 3.63) is 29.3 Å². The van der Waals surface area contributed by atoms with Gasteiger partial charge < -0.3 is 21.5 Å². The standard InChI is InChI=1S/C16H22F3N3O3/c1-8(2)13(20)15(25)21-9(3)14(24)22-12-5-4-10(7-23)6-11(12)16(17,18)19/h4-6,8-9,13,23H,7,20H2,1-3H3,(H,21,25)(H,22,24)/t9-,13-/m0/s1. The van der Waals surface area contributed by atoms with Crippen LogP contribution in [0, 0.1) is 5.92 Å². The first-order valence-electron chi connectivity index (χ1n) is 7.65. The highest BCUT2D eigenvalue weighted by atomic mass is 19.4. The SMILES string of the molecule is CC(C)[C@H](N)C(=O)N[C@@H](C)C(=O)Nc1ccc(CO)cc1C(F)(F)F. The van der Waals surface area contributed by atoms with E-state index in [1.807, 2.05) is 0 Å². The van der Waals surface area contributed by atoms with Gasteiger partial charge >= 0.3 is 6.18 Å². The van der Waals surface area contributed by atoms with Crippen molar-refractivity contribution in [3.63, 3.8) is 0 Å². The van der Waals surface area contributed by atoms with Gasteiger partial charge in [0.05, 0.1) is 23.9 Å². The van der Waals surface area contributed by atoms with Crippen LogP contribution >= 0.6 is 0 Å². The molecule has 0 saturated heterocycles. The summed E-state index contributed by atoms with van der Waals surface area (Å²) in [6, 6.07) is 1.18. The van der Waals surface area contributed by atoms with Crippen LogP contribution in [0.1, 0.15) is 31.9 Å². The Hall–Kier alpha value is -2.13. The van der Waals surface area contributed by atoms with E-state index in [0.29, 0.717) is 0 Å². The van der Waals surface area contributed by atoms with Crippen molar-refractivity contribution in [1.29, 1.82) is 0 Å². The highest BCUT2D eigenvalue weighted by molar-refractivity contribution is 5.98. The van der Waals surface area contributed by atoms with Crippen LogP contribution in [0.3, 0.4) is 0 Å². The number of amides is 2. The molecule has 0 aromatic heterocycles. The van der Waals surface area contributed by atoms with E-state index in [2.05, 4.69) is 10.6 Å². The second kappa shape index (κ2) is 8.30. The zero-order valence-corrected chi connectivity index (χ0v) is 14.1. The summed E-state index contributed by atoms with van der Waals surface area (Å²) in [4.78, 5) is 23.9. The van der Waals surface area contributed by atoms with Crippen molar-refractivity contribution in [3.8, 4) is 0 Å². The lowest BCUT2D eigenvalue weighted by atomic mass is 10.0. The molecule has 2 atom stereocenters. The molecule has 6 nitrogen and oxygen atoms in total. The van der Waals surface area contributed by atoms with Crippen LogP contribution in [0.5, 0.6) is 0 Å². The lowest BCUT2D eigenvalue weighted by molar-refractivity contribution is -0.137. The minimum Gasteiger partial charge on any atom is -0.392 e. The van der Waals surface area contributed by atoms with Gasteiger partial charge in [-0.1, -0.05) is 19.9 Å². The van der Waals surface area contributed by atoms with Crippen molar-refractivity contribution in [2.24, 2.45) is 11.7 Å². The number of carbonyl (C=O) groups excluding carboxylic acids is 2. The monoisotopic (exact) mass is 361 g/mol. The molecule has 140 valence electrons. The van der Waals surface area contributed by atoms with Crippen molar-refractivity contribution in [2.75, 3.05) is 5.32 Å². The normalized spacial score (nSPS) is 14.1. The van der Waals surface area contributed by atoms with E-state index >= 15 is 0 Å². The molecule has 1 rings (SSSR count). The predicted molar refractivity (Wildman–Crippen MR) is 86.4 cm³/mol. The second-order valence-corrected chi connectivity index (χ2v) is 6.03. The molecule has 1 aromatic carbocycles. The third kappa shape index (κ3) is 5.71. The summed E-state index contributed by atoms with van der Waals surface area (Å²) in [5.41, 5.74) is 4.19. The summed E-state index contributed by atoms with van der Waals surface area (Å²) in [6.07, 6.45) is -4.71. The first-order valence-corrected chi connectivity index (χ1v) is 7.65. The maximum atomic E-state index is 13.1. The average Bonchev–Trinajstić information content (AvgIpc) is 2.52. The maximum Gasteiger partial charge on any atom is 0.418 e. The van der Waals surface area contributed by atoms with Gasteiger partial charge in [-0.25, -0.2) is 0 Å². The molecular formula is C16H22F3N3O3. The lowest BCUT2D eigenvalue weighted by Gasteiger charge is -2.20. The van der Waals surface area contributed by atoms with Crippen LogP contribution < -0.4 is 16.4 Å². The number of nitrogens with two attached hydrogens (primary N) is 1. The molecule has 0 aliphatic carbocycles. The Morgan fingerprint density at radius 3 is 2.28 bits per heavy atom. The molecule has 0 heterocycles. The van der Waals surface area contributed by atoms with Gasteiger partial charge in [0, 0.05) is 0 Å². The fourth-order valence-corrected chi connectivity index (χ4v) is 1.95. The number of aliphatic hydroxyl groups is 1. The summed E-state index contributed by atoms with van der Waals surface area (Å²) in [7, 11) is 0. The van der Waals surface area contributed by atoms with Crippen LogP contribution in [0.25, 0.3) is 0 Å². The summed E-state index contributed by atoms with van der Waals surface area (Å²) < 4.78 is 39.3. The summed E-state index contributed by atoms with van der Waals surface area (Å²) in [5, 5.41) is 13.5. The number of aliphatic hydroxyl groups excluding tert-OH is 1. The van der Waals surface area contributed by atoms with E-state index in [1.54, 1.807) is 13.8 Å². The number of anilines is 1. The smallest absolute Gasteiger partial charge is 0.392 e. The first kappa shape index (κ1) is 20.9. The molecule has 0 spiro atoms. The van der Waals surface area contributed by atoms with Gasteiger partial charge in [0.2, 0.25) is 11.8 Å². The molecule has 9 heteroatoms. The Kier molecular flexibility index (Phi) is 6.95. The molecular weight excluding hydrogens is 339 g/mol. The van der Waals surface area contributed by atoms with E-state index in [0.717, 1.165) is 12.1 Å². The molecule has 2 amide bonds. The molecule has 0 fully saturated rings. The van der Waals surface area contributed by atoms with Gasteiger partial charge in [-0.2, -0.15) is 13.2 Å². The second-order valence-electron chi connectivity index (χ2n) is 6.03. The van der Waals surface area contributed by atoms with Crippen LogP contribution in [0.4, 0.5) is 18.9 Å². The largest absolute Gasteiger partial charge is 0.418 e. The quantitative estimate of drug-likeness (QED) is 0.618. The number of alkyl halides is 3. The molecule has 0 aliphatic heterocycles. The molecule has 1 aromatic rings. The highest BCUT2D eigenvalue weighted by Gasteiger charge is 2.34. The number of hydrogen-bond donors (Lipinski definition) is 4. The zero-order valence-electron chi connectivity index (χ0n) is 14.1. The first-order chi connectivity index (χ1) is 11.5. The summed E-state index contributed by atoms with van der Waals surface area (Å²) in [6.45, 7) is 4.24. The van der Waals surface area contributed by atoms with Gasteiger partial charge in [0.15, 0.2) is 0 Å². The maximum absolute atomic E-state index is 13.1. The fraction of sp³-hybridized carbons (Fsp3) is 0.500. The highest BCUT2D eigenvalue weighted by Crippen LogP contribution is 2.35. The van der Waals surface area contributed by atoms with E-state index in [9.17, 15) is 22.8 Å². The number of rotatable bonds is 6. The summed E-state index contributed by atoms with van der Waals surface area (Å²) >= 11 is 0. The Morgan fingerprint density at radius 1 is 1.20 bits per heavy atom. The number of benzene rings is 1. The Balaban J connectivity index is 2.91. The van der Waals surface area contributed by atoms with Crippen molar-refractivity contribution < 1.29 is 27.9 Å². The van der Waals surface area contributed by atoms with Crippen LogP contribution in [0.15, 0.2) is 18.2 Å². The van der Waals surface area contributed by atoms with Gasteiger partial charge in [-0.15, -0.1) is 0 Å². The van der Waals surface area contributed by atoms with Gasteiger partial charge in [-0.05, 0) is 30.5 Å². The Labute approximate surface area is 143 Å². The van der Waals surface area contributed by atoms with E-state index in [-0.39, 0.29) is 11.5 Å². The van der Waals surface area contributed by atoms with E-state index < -0.39 is 47.9 Å². The minimum absolute atomic E-state index is 0.0644. The van der Waals surface area contributed by atoms with Crippen LogP contribution in [0.2, 0.25) is 0 Å². The molecule has 0 bridgehead atoms. The van der Waals surface area contributed by atoms with Crippen LogP contribution in [-0.4, -0.2) is 29.0 Å². The van der Waals surface area contributed by atoms with E-state index in [1.165, 1.54) is 13.0 Å². The molecule has 0 saturated carbocycles. The number of carbonyl (C=O) groups is 2. The van der Waals surface area contributed by atoms with Crippen molar-refractivity contribution in [1.82, 2.24) is 5.32 Å². The molecule has 5 N–H and O–H groups in total. The number of nitrogens with one attached hydrogen (secondary N) is 2. The Morgan fingerprint density at radius 2 is 1.80 bits per heavy atom. The zero-order chi connectivity index (χ0) is 19.4. The Bertz CT molecular complexity index is 633. The van der Waals surface area contributed by atoms with Gasteiger partial charge in [0.1, 0.15) is 6.04 Å². The van der Waals surface area contributed by atoms with Crippen molar-refractivity contribution >= 4 is 17.5 Å². The molecule has 25 heavy (non-hydrogen) atoms. The number of hydrogen-bond acceptors (Lipinski definition) is 4. The molecule has 0 aliphatic rings. The third-order valence-corrected chi connectivity index (χ3v) is 3.60. The molecule has 0 radical (unpaired) electrons. The van der Waals surface area contributed by atoms with Gasteiger partial charge in [0.25, 0.3) is 0 Å². The topological polar surface area (TPSA) is 104 Å². The fourth-order valence-electron chi connectivity index (χ4n) is 1.95. The number of halogens is 3. The average molecular weight is 361 g/mol. The van der Waals surface area contributed by atoms with Crippen LogP contribution in [-0.2, 0) is 22.4 Å². The minimum atomic E-state index is -4.71.